The average molecular weight is 397 g/mol. The van der Waals surface area contributed by atoms with Crippen molar-refractivity contribution in [3.63, 3.8) is 0 Å². The van der Waals surface area contributed by atoms with Crippen molar-refractivity contribution in [2.24, 2.45) is 0 Å². The molecular weight excluding hydrogens is 369 g/mol. The SMILES string of the molecule is CCN(CC(=O)NCc1ccc(F)cc1)CC(=O)NC1CCCc2ccccc21. The Morgan fingerprint density at radius 3 is 2.55 bits per heavy atom. The number of nitrogens with zero attached hydrogens (tertiary/aromatic N) is 1. The summed E-state index contributed by atoms with van der Waals surface area (Å²) in [4.78, 5) is 26.6. The van der Waals surface area contributed by atoms with Gasteiger partial charge in [-0.1, -0.05) is 43.3 Å². The number of carbonyl (C=O) groups excluding carboxylic acids is 2. The minimum Gasteiger partial charge on any atom is -0.351 e. The van der Waals surface area contributed by atoms with Gasteiger partial charge in [0.1, 0.15) is 5.82 Å². The van der Waals surface area contributed by atoms with Crippen LogP contribution in [-0.2, 0) is 22.6 Å². The molecule has 0 saturated carbocycles. The third-order valence-electron chi connectivity index (χ3n) is 5.29. The Morgan fingerprint density at radius 1 is 1.07 bits per heavy atom. The molecular formula is C23H28FN3O2. The molecule has 0 aliphatic heterocycles. The van der Waals surface area contributed by atoms with Gasteiger partial charge >= 0.3 is 0 Å². The maximum Gasteiger partial charge on any atom is 0.234 e. The minimum absolute atomic E-state index is 0.0402. The van der Waals surface area contributed by atoms with Gasteiger partial charge in [0.25, 0.3) is 0 Å². The van der Waals surface area contributed by atoms with Gasteiger partial charge < -0.3 is 10.6 Å². The van der Waals surface area contributed by atoms with Gasteiger partial charge in [-0.15, -0.1) is 0 Å². The first-order valence-corrected chi connectivity index (χ1v) is 10.2. The highest BCUT2D eigenvalue weighted by molar-refractivity contribution is 5.81. The Balaban J connectivity index is 1.47. The van der Waals surface area contributed by atoms with Gasteiger partial charge in [-0.05, 0) is 54.6 Å². The van der Waals surface area contributed by atoms with Crippen LogP contribution in [-0.4, -0.2) is 36.3 Å². The van der Waals surface area contributed by atoms with E-state index in [0.29, 0.717) is 13.1 Å². The summed E-state index contributed by atoms with van der Waals surface area (Å²) < 4.78 is 12.9. The molecule has 0 fully saturated rings. The van der Waals surface area contributed by atoms with Crippen LogP contribution in [0.15, 0.2) is 48.5 Å². The quantitative estimate of drug-likeness (QED) is 0.720. The number of amides is 2. The number of fused-ring (bicyclic) bond motifs is 1. The maximum absolute atomic E-state index is 12.9. The lowest BCUT2D eigenvalue weighted by molar-refractivity contribution is -0.125. The van der Waals surface area contributed by atoms with Crippen molar-refractivity contribution in [2.75, 3.05) is 19.6 Å². The topological polar surface area (TPSA) is 61.4 Å². The molecule has 2 aromatic rings. The van der Waals surface area contributed by atoms with Crippen LogP contribution >= 0.6 is 0 Å². The largest absolute Gasteiger partial charge is 0.351 e. The molecule has 2 aromatic carbocycles. The van der Waals surface area contributed by atoms with E-state index in [4.69, 9.17) is 0 Å². The lowest BCUT2D eigenvalue weighted by Gasteiger charge is -2.27. The number of halogens is 1. The van der Waals surface area contributed by atoms with Crippen molar-refractivity contribution in [1.29, 1.82) is 0 Å². The summed E-state index contributed by atoms with van der Waals surface area (Å²) in [6.45, 7) is 3.18. The third-order valence-corrected chi connectivity index (χ3v) is 5.29. The zero-order valence-electron chi connectivity index (χ0n) is 16.8. The molecule has 1 aliphatic carbocycles. The van der Waals surface area contributed by atoms with Crippen molar-refractivity contribution in [3.8, 4) is 0 Å². The number of nitrogens with one attached hydrogen (secondary N) is 2. The van der Waals surface area contributed by atoms with Gasteiger partial charge in [0.2, 0.25) is 11.8 Å². The lowest BCUT2D eigenvalue weighted by atomic mass is 9.88. The number of likely N-dealkylation sites (N-methyl/N-ethyl adjacent to an activating group) is 1. The van der Waals surface area contributed by atoms with Crippen molar-refractivity contribution in [2.45, 2.75) is 38.8 Å². The van der Waals surface area contributed by atoms with Gasteiger partial charge in [-0.2, -0.15) is 0 Å². The molecule has 0 spiro atoms. The Kier molecular flexibility index (Phi) is 7.36. The van der Waals surface area contributed by atoms with E-state index in [9.17, 15) is 14.0 Å². The van der Waals surface area contributed by atoms with Crippen LogP contribution in [0.25, 0.3) is 0 Å². The van der Waals surface area contributed by atoms with Gasteiger partial charge in [0.05, 0.1) is 19.1 Å². The molecule has 3 rings (SSSR count). The summed E-state index contributed by atoms with van der Waals surface area (Å²) in [6.07, 6.45) is 3.05. The highest BCUT2D eigenvalue weighted by atomic mass is 19.1. The Hall–Kier alpha value is -2.73. The Bertz CT molecular complexity index is 838. The van der Waals surface area contributed by atoms with Crippen molar-refractivity contribution in [3.05, 3.63) is 71.0 Å². The van der Waals surface area contributed by atoms with Crippen LogP contribution < -0.4 is 10.6 Å². The Morgan fingerprint density at radius 2 is 1.79 bits per heavy atom. The van der Waals surface area contributed by atoms with Crippen LogP contribution in [0.5, 0.6) is 0 Å². The highest BCUT2D eigenvalue weighted by Gasteiger charge is 2.22. The van der Waals surface area contributed by atoms with Crippen molar-refractivity contribution >= 4 is 11.8 Å². The van der Waals surface area contributed by atoms with Crippen molar-refractivity contribution in [1.82, 2.24) is 15.5 Å². The van der Waals surface area contributed by atoms with E-state index in [2.05, 4.69) is 22.8 Å². The fraction of sp³-hybridized carbons (Fsp3) is 0.391. The molecule has 0 bridgehead atoms. The van der Waals surface area contributed by atoms with E-state index in [1.54, 1.807) is 12.1 Å². The minimum atomic E-state index is -0.302. The molecule has 2 N–H and O–H groups in total. The van der Waals surface area contributed by atoms with Crippen LogP contribution in [0.3, 0.4) is 0 Å². The van der Waals surface area contributed by atoms with E-state index in [0.717, 1.165) is 24.8 Å². The molecule has 154 valence electrons. The summed E-state index contributed by atoms with van der Waals surface area (Å²) in [5, 5.41) is 5.94. The first-order chi connectivity index (χ1) is 14.0. The first-order valence-electron chi connectivity index (χ1n) is 10.2. The average Bonchev–Trinajstić information content (AvgIpc) is 2.73. The van der Waals surface area contributed by atoms with E-state index in [-0.39, 0.29) is 36.8 Å². The standard InChI is InChI=1S/C23H28FN3O2/c1-2-27(15-22(28)25-14-17-10-12-19(24)13-11-17)16-23(29)26-21-9-5-7-18-6-3-4-8-20(18)21/h3-4,6,8,10-13,21H,2,5,7,9,14-16H2,1H3,(H,25,28)(H,26,29). The Labute approximate surface area is 171 Å². The van der Waals surface area contributed by atoms with E-state index >= 15 is 0 Å². The number of aryl methyl sites for hydroxylation is 1. The second-order valence-corrected chi connectivity index (χ2v) is 7.42. The number of rotatable bonds is 8. The highest BCUT2D eigenvalue weighted by Crippen LogP contribution is 2.29. The summed E-state index contributed by atoms with van der Waals surface area (Å²) >= 11 is 0. The summed E-state index contributed by atoms with van der Waals surface area (Å²) in [5.41, 5.74) is 3.33. The summed E-state index contributed by atoms with van der Waals surface area (Å²) in [7, 11) is 0. The van der Waals surface area contributed by atoms with Gasteiger partial charge in [0, 0.05) is 6.54 Å². The first kappa shape index (κ1) is 21.0. The van der Waals surface area contributed by atoms with Crippen LogP contribution in [0, 0.1) is 5.82 Å². The predicted octanol–water partition coefficient (Wildman–Crippen LogP) is 2.96. The molecule has 0 heterocycles. The van der Waals surface area contributed by atoms with E-state index < -0.39 is 0 Å². The third kappa shape index (κ3) is 6.12. The molecule has 0 aromatic heterocycles. The maximum atomic E-state index is 12.9. The number of hydrogen-bond donors (Lipinski definition) is 2. The molecule has 2 amide bonds. The monoisotopic (exact) mass is 397 g/mol. The van der Waals surface area contributed by atoms with Gasteiger partial charge in [-0.3, -0.25) is 14.5 Å². The fourth-order valence-corrected chi connectivity index (χ4v) is 3.69. The summed E-state index contributed by atoms with van der Waals surface area (Å²) in [5.74, 6) is -0.532. The van der Waals surface area contributed by atoms with Crippen LogP contribution in [0.1, 0.15) is 42.5 Å². The molecule has 5 nitrogen and oxygen atoms in total. The predicted molar refractivity (Wildman–Crippen MR) is 111 cm³/mol. The molecule has 0 radical (unpaired) electrons. The second-order valence-electron chi connectivity index (χ2n) is 7.42. The van der Waals surface area contributed by atoms with Crippen LogP contribution in [0.2, 0.25) is 0 Å². The second kappa shape index (κ2) is 10.2. The van der Waals surface area contributed by atoms with Crippen molar-refractivity contribution < 1.29 is 14.0 Å². The van der Waals surface area contributed by atoms with E-state index in [1.165, 1.54) is 23.3 Å². The normalized spacial score (nSPS) is 15.6. The molecule has 1 aliphatic rings. The molecule has 29 heavy (non-hydrogen) atoms. The zero-order valence-corrected chi connectivity index (χ0v) is 16.8. The molecule has 1 atom stereocenters. The van der Waals surface area contributed by atoms with Gasteiger partial charge in [0.15, 0.2) is 0 Å². The smallest absolute Gasteiger partial charge is 0.234 e. The van der Waals surface area contributed by atoms with Gasteiger partial charge in [-0.25, -0.2) is 4.39 Å². The zero-order chi connectivity index (χ0) is 20.6. The lowest BCUT2D eigenvalue weighted by Crippen LogP contribution is -2.43. The van der Waals surface area contributed by atoms with Crippen LogP contribution in [0.4, 0.5) is 4.39 Å². The number of carbonyl (C=O) groups is 2. The number of benzene rings is 2. The van der Waals surface area contributed by atoms with E-state index in [1.807, 2.05) is 24.0 Å². The fourth-order valence-electron chi connectivity index (χ4n) is 3.69. The summed E-state index contributed by atoms with van der Waals surface area (Å²) in [6, 6.07) is 14.3. The molecule has 6 heteroatoms. The number of hydrogen-bond acceptors (Lipinski definition) is 3. The molecule has 1 unspecified atom stereocenters. The molecule has 0 saturated heterocycles.